The van der Waals surface area contributed by atoms with Gasteiger partial charge < -0.3 is 24.4 Å². The molecule has 1 fully saturated rings. The Bertz CT molecular complexity index is 1210. The third-order valence-corrected chi connectivity index (χ3v) is 6.57. The van der Waals surface area contributed by atoms with Crippen molar-refractivity contribution < 1.29 is 32.2 Å². The Kier molecular flexibility index (Phi) is 9.32. The standard InChI is InChI=1S/C29H32F3N3O4/c1-37-25-18-24(19-26(20-25)38-2)33-28(36)35-13-11-34(12-14-35)15-16-39-27(21-7-4-3-5-8-21)22-9-6-10-23(17-22)29(30,31)32/h3-10,17-20,27H,11-16H2,1-2H3,(H,33,36)/t27-/m1/s1. The van der Waals surface area contributed by atoms with Crippen LogP contribution in [0.3, 0.4) is 0 Å². The van der Waals surface area contributed by atoms with E-state index in [1.54, 1.807) is 43.4 Å². The largest absolute Gasteiger partial charge is 0.497 e. The number of amides is 2. The number of halogens is 3. The topological polar surface area (TPSA) is 63.3 Å². The van der Waals surface area contributed by atoms with Gasteiger partial charge in [-0.1, -0.05) is 42.5 Å². The van der Waals surface area contributed by atoms with Crippen molar-refractivity contribution in [3.05, 3.63) is 89.5 Å². The molecule has 4 rings (SSSR count). The second-order valence-corrected chi connectivity index (χ2v) is 9.14. The minimum atomic E-state index is -4.43. The van der Waals surface area contributed by atoms with Crippen molar-refractivity contribution in [1.82, 2.24) is 9.80 Å². The molecule has 0 saturated carbocycles. The molecule has 0 radical (unpaired) electrons. The van der Waals surface area contributed by atoms with Gasteiger partial charge in [0.15, 0.2) is 0 Å². The summed E-state index contributed by atoms with van der Waals surface area (Å²) in [5.41, 5.74) is 1.11. The van der Waals surface area contributed by atoms with Gasteiger partial charge in [0.05, 0.1) is 26.4 Å². The number of ether oxygens (including phenoxy) is 3. The third-order valence-electron chi connectivity index (χ3n) is 6.57. The molecule has 208 valence electrons. The Balaban J connectivity index is 1.31. The highest BCUT2D eigenvalue weighted by molar-refractivity contribution is 5.90. The summed E-state index contributed by atoms with van der Waals surface area (Å²) in [6, 6.07) is 19.5. The van der Waals surface area contributed by atoms with Crippen LogP contribution in [0.25, 0.3) is 0 Å². The molecule has 0 aromatic heterocycles. The summed E-state index contributed by atoms with van der Waals surface area (Å²) in [5, 5.41) is 2.89. The van der Waals surface area contributed by atoms with Crippen LogP contribution in [0.15, 0.2) is 72.8 Å². The Hall–Kier alpha value is -3.76. The lowest BCUT2D eigenvalue weighted by Crippen LogP contribution is -2.50. The Labute approximate surface area is 226 Å². The van der Waals surface area contributed by atoms with Gasteiger partial charge in [0.2, 0.25) is 0 Å². The monoisotopic (exact) mass is 543 g/mol. The van der Waals surface area contributed by atoms with E-state index in [1.807, 2.05) is 30.3 Å². The van der Waals surface area contributed by atoms with Gasteiger partial charge in [-0.25, -0.2) is 4.79 Å². The summed E-state index contributed by atoms with van der Waals surface area (Å²) in [5.74, 6) is 1.15. The summed E-state index contributed by atoms with van der Waals surface area (Å²) in [7, 11) is 3.09. The molecule has 2 amide bonds. The van der Waals surface area contributed by atoms with Gasteiger partial charge in [0.1, 0.15) is 17.6 Å². The number of nitrogens with zero attached hydrogens (tertiary/aromatic N) is 2. The number of hydrogen-bond acceptors (Lipinski definition) is 5. The molecule has 1 saturated heterocycles. The van der Waals surface area contributed by atoms with Gasteiger partial charge in [-0.15, -0.1) is 0 Å². The Morgan fingerprint density at radius 3 is 2.13 bits per heavy atom. The second-order valence-electron chi connectivity index (χ2n) is 9.14. The maximum atomic E-state index is 13.3. The number of methoxy groups -OCH3 is 2. The van der Waals surface area contributed by atoms with Crippen LogP contribution in [-0.4, -0.2) is 69.4 Å². The van der Waals surface area contributed by atoms with Crippen LogP contribution in [0, 0.1) is 0 Å². The number of urea groups is 1. The van der Waals surface area contributed by atoms with E-state index in [9.17, 15) is 18.0 Å². The van der Waals surface area contributed by atoms with Gasteiger partial charge in [-0.3, -0.25) is 4.90 Å². The number of rotatable bonds is 9. The number of alkyl halides is 3. The smallest absolute Gasteiger partial charge is 0.416 e. The van der Waals surface area contributed by atoms with Gasteiger partial charge in [0.25, 0.3) is 0 Å². The lowest BCUT2D eigenvalue weighted by atomic mass is 9.99. The van der Waals surface area contributed by atoms with Crippen molar-refractivity contribution in [3.63, 3.8) is 0 Å². The van der Waals surface area contributed by atoms with Gasteiger partial charge in [-0.2, -0.15) is 13.2 Å². The SMILES string of the molecule is COc1cc(NC(=O)N2CCN(CCO[C@H](c3ccccc3)c3cccc(C(F)(F)F)c3)CC2)cc(OC)c1. The van der Waals surface area contributed by atoms with E-state index in [2.05, 4.69) is 10.2 Å². The average molecular weight is 544 g/mol. The van der Waals surface area contributed by atoms with Crippen molar-refractivity contribution in [2.24, 2.45) is 0 Å². The first-order valence-electron chi connectivity index (χ1n) is 12.6. The van der Waals surface area contributed by atoms with Crippen LogP contribution in [0.5, 0.6) is 11.5 Å². The van der Waals surface area contributed by atoms with Crippen LogP contribution < -0.4 is 14.8 Å². The van der Waals surface area contributed by atoms with Gasteiger partial charge in [-0.05, 0) is 23.3 Å². The average Bonchev–Trinajstić information content (AvgIpc) is 2.95. The van der Waals surface area contributed by atoms with Crippen molar-refractivity contribution in [2.75, 3.05) is 58.9 Å². The maximum Gasteiger partial charge on any atom is 0.416 e. The van der Waals surface area contributed by atoms with Crippen molar-refractivity contribution >= 4 is 11.7 Å². The summed E-state index contributed by atoms with van der Waals surface area (Å²) < 4.78 is 56.6. The molecule has 0 unspecified atom stereocenters. The van der Waals surface area contributed by atoms with E-state index < -0.39 is 17.8 Å². The molecule has 3 aromatic carbocycles. The first-order valence-corrected chi connectivity index (χ1v) is 12.6. The molecular formula is C29H32F3N3O4. The number of carbonyl (C=O) groups excluding carboxylic acids is 1. The molecule has 1 heterocycles. The minimum absolute atomic E-state index is 0.213. The van der Waals surface area contributed by atoms with Gasteiger partial charge >= 0.3 is 12.2 Å². The number of piperazine rings is 1. The number of nitrogens with one attached hydrogen (secondary N) is 1. The quantitative estimate of drug-likeness (QED) is 0.376. The molecule has 1 aliphatic heterocycles. The summed E-state index contributed by atoms with van der Waals surface area (Å²) in [6.07, 6.45) is -5.05. The van der Waals surface area contributed by atoms with Crippen LogP contribution in [-0.2, 0) is 10.9 Å². The fourth-order valence-electron chi connectivity index (χ4n) is 4.45. The zero-order valence-electron chi connectivity index (χ0n) is 21.9. The van der Waals surface area contributed by atoms with E-state index in [1.165, 1.54) is 6.07 Å². The minimum Gasteiger partial charge on any atom is -0.497 e. The molecule has 0 spiro atoms. The first-order chi connectivity index (χ1) is 18.8. The number of hydrogen-bond donors (Lipinski definition) is 1. The molecule has 10 heteroatoms. The fourth-order valence-corrected chi connectivity index (χ4v) is 4.45. The van der Waals surface area contributed by atoms with Crippen LogP contribution in [0.1, 0.15) is 22.8 Å². The predicted octanol–water partition coefficient (Wildman–Crippen LogP) is 5.68. The van der Waals surface area contributed by atoms with E-state index >= 15 is 0 Å². The Morgan fingerprint density at radius 2 is 1.51 bits per heavy atom. The normalized spacial score (nSPS) is 15.1. The summed E-state index contributed by atoms with van der Waals surface area (Å²) in [6.45, 7) is 3.28. The third kappa shape index (κ3) is 7.64. The lowest BCUT2D eigenvalue weighted by Gasteiger charge is -2.35. The van der Waals surface area contributed by atoms with Crippen LogP contribution >= 0.6 is 0 Å². The van der Waals surface area contributed by atoms with Crippen LogP contribution in [0.2, 0.25) is 0 Å². The predicted molar refractivity (Wildman–Crippen MR) is 142 cm³/mol. The molecule has 7 nitrogen and oxygen atoms in total. The summed E-state index contributed by atoms with van der Waals surface area (Å²) in [4.78, 5) is 16.7. The van der Waals surface area contributed by atoms with Crippen molar-refractivity contribution in [2.45, 2.75) is 12.3 Å². The van der Waals surface area contributed by atoms with E-state index in [0.717, 1.165) is 17.7 Å². The summed E-state index contributed by atoms with van der Waals surface area (Å²) >= 11 is 0. The highest BCUT2D eigenvalue weighted by Gasteiger charge is 2.31. The van der Waals surface area contributed by atoms with E-state index in [-0.39, 0.29) is 6.03 Å². The van der Waals surface area contributed by atoms with Crippen molar-refractivity contribution in [3.8, 4) is 11.5 Å². The Morgan fingerprint density at radius 1 is 0.872 bits per heavy atom. The molecule has 0 aliphatic carbocycles. The molecule has 3 aromatic rings. The molecule has 1 N–H and O–H groups in total. The van der Waals surface area contributed by atoms with E-state index in [0.29, 0.717) is 62.1 Å². The molecule has 1 aliphatic rings. The molecule has 1 atom stereocenters. The number of anilines is 1. The number of carbonyl (C=O) groups is 1. The highest BCUT2D eigenvalue weighted by atomic mass is 19.4. The van der Waals surface area contributed by atoms with Crippen molar-refractivity contribution in [1.29, 1.82) is 0 Å². The lowest BCUT2D eigenvalue weighted by molar-refractivity contribution is -0.137. The first kappa shape index (κ1) is 28.3. The number of benzene rings is 3. The van der Waals surface area contributed by atoms with E-state index in [4.69, 9.17) is 14.2 Å². The second kappa shape index (κ2) is 12.9. The fraction of sp³-hybridized carbons (Fsp3) is 0.345. The zero-order chi connectivity index (χ0) is 27.8. The maximum absolute atomic E-state index is 13.3. The molecule has 39 heavy (non-hydrogen) atoms. The molecular weight excluding hydrogens is 511 g/mol. The molecule has 0 bridgehead atoms. The van der Waals surface area contributed by atoms with Crippen LogP contribution in [0.4, 0.5) is 23.7 Å². The van der Waals surface area contributed by atoms with Gasteiger partial charge in [0, 0.05) is 56.6 Å². The zero-order valence-corrected chi connectivity index (χ0v) is 21.9. The highest BCUT2D eigenvalue weighted by Crippen LogP contribution is 2.33.